The molecule has 0 saturated carbocycles. The molecule has 5 nitrogen and oxygen atoms in total. The van der Waals surface area contributed by atoms with E-state index < -0.39 is 97.2 Å². The van der Waals surface area contributed by atoms with Crippen LogP contribution in [0.1, 0.15) is 180 Å². The largest absolute Gasteiger partial charge is 0.510 e. The van der Waals surface area contributed by atoms with Gasteiger partial charge < -0.3 is 13.9 Å². The molecular formula is C78H78N4OPt-2. The van der Waals surface area contributed by atoms with E-state index in [1.165, 1.54) is 11.1 Å². The van der Waals surface area contributed by atoms with E-state index >= 15 is 0 Å². The minimum atomic E-state index is -3.69. The van der Waals surface area contributed by atoms with Crippen LogP contribution in [0.5, 0.6) is 11.5 Å². The Morgan fingerprint density at radius 1 is 0.583 bits per heavy atom. The summed E-state index contributed by atoms with van der Waals surface area (Å²) < 4.78 is 176. The second-order valence-corrected chi connectivity index (χ2v) is 26.3. The maximum absolute atomic E-state index is 10.3. The minimum absolute atomic E-state index is 0. The average molecular weight is 1300 g/mol. The van der Waals surface area contributed by atoms with Gasteiger partial charge in [0.1, 0.15) is 5.82 Å². The van der Waals surface area contributed by atoms with E-state index in [0.29, 0.717) is 50.5 Å². The summed E-state index contributed by atoms with van der Waals surface area (Å²) in [6, 6.07) is 47.5. The third kappa shape index (κ3) is 9.77. The number of imidazole rings is 1. The number of ether oxygens (including phenoxy) is 1. The topological polar surface area (TPSA) is 35.9 Å². The average Bonchev–Trinajstić information content (AvgIpc) is 1.49. The van der Waals surface area contributed by atoms with Crippen molar-refractivity contribution in [1.29, 1.82) is 0 Å². The van der Waals surface area contributed by atoms with E-state index in [9.17, 15) is 4.11 Å². The number of nitrogens with zero attached hydrogens (tertiary/aromatic N) is 4. The second-order valence-electron chi connectivity index (χ2n) is 26.3. The number of rotatable bonds is 8. The zero-order valence-electron chi connectivity index (χ0n) is 67.0. The molecule has 0 N–H and O–H groups in total. The van der Waals surface area contributed by atoms with Crippen molar-refractivity contribution in [3.05, 3.63) is 221 Å². The number of aryl methyl sites for hydroxylation is 1. The summed E-state index contributed by atoms with van der Waals surface area (Å²) in [7, 11) is 0. The van der Waals surface area contributed by atoms with Crippen LogP contribution >= 0.6 is 0 Å². The molecule has 0 atom stereocenters. The molecule has 84 heavy (non-hydrogen) atoms. The molecule has 2 aliphatic carbocycles. The Morgan fingerprint density at radius 3 is 1.98 bits per heavy atom. The summed E-state index contributed by atoms with van der Waals surface area (Å²) in [4.78, 5) is 5.03. The standard InChI is InChI=1S/C78H78N4O.Pt/c1-49-38-71(79-46-62(49)51-31-34-63-65(42-51)76(10,11)37-36-75(63,8)9)82-67-27-17-16-24-60(67)61-33-32-57(45-70(61)82)83-56-23-20-22-55(44-56)80-48-81(69-29-19-18-28-68(69)80)72-58(50-30-35-64-66(41-50)78(14,15)47-77(64,12)13)25-21-26-59(72)52-39-53(73(2,3)4)43-54(40-52)74(5,6)7;/h16-35,38-43,46H,36-37,47H2,1-15H3;/q-2;/i1D3,12D3,13D3,14D3,15D3,30D,35D,41D;. The Balaban J connectivity index is 0.00000982. The Bertz CT molecular complexity index is 5150. The van der Waals surface area contributed by atoms with Gasteiger partial charge in [-0.1, -0.05) is 217 Å². The Labute approximate surface area is 538 Å². The molecule has 0 radical (unpaired) electrons. The number of fused-ring (bicyclic) bond motifs is 6. The molecular weight excluding hydrogens is 1200 g/mol. The summed E-state index contributed by atoms with van der Waals surface area (Å²) in [5, 5.41) is 1.69. The van der Waals surface area contributed by atoms with Crippen LogP contribution in [0, 0.1) is 25.3 Å². The van der Waals surface area contributed by atoms with Crippen LogP contribution in [0.25, 0.3) is 83.4 Å². The molecule has 3 aromatic heterocycles. The van der Waals surface area contributed by atoms with Crippen molar-refractivity contribution >= 4 is 32.8 Å². The molecule has 0 spiro atoms. The maximum atomic E-state index is 10.3. The predicted molar refractivity (Wildman–Crippen MR) is 344 cm³/mol. The SMILES string of the molecule is [2H]c1c([2H])c2c(c([2H])c1-c1cccc(-c3cc(C(C)(C)C)cc(C(C)(C)C)c3)c1-[n+]1[c-]n(-c3[c-]c(Oc4[c-]c5c(cc4)c4ccccc4n5-c4cc(C([2H])([2H])[2H])c(-c5ccc6c(c5)C(C)(C)CCC6(C)C)cn4)ccc3)c3ccccc31)C(C([2H])([2H])[2H])(C([2H])([2H])[2H])CC2(C([2H])([2H])[2H])C([2H])([2H])[2H].[Pt]. The van der Waals surface area contributed by atoms with Gasteiger partial charge in [0, 0.05) is 70.4 Å². The van der Waals surface area contributed by atoms with E-state index in [-0.39, 0.29) is 54.5 Å². The van der Waals surface area contributed by atoms with E-state index in [1.807, 2.05) is 83.4 Å². The predicted octanol–water partition coefficient (Wildman–Crippen LogP) is 19.8. The molecule has 13 rings (SSSR count). The first-order chi connectivity index (χ1) is 46.7. The smallest absolute Gasteiger partial charge is 0.268 e. The van der Waals surface area contributed by atoms with Gasteiger partial charge in [0.05, 0.1) is 20.8 Å². The number of pyridine rings is 1. The van der Waals surface area contributed by atoms with Gasteiger partial charge in [-0.3, -0.25) is 4.57 Å². The molecule has 8 aromatic carbocycles. The first kappa shape index (κ1) is 39.3. The number of hydrogen-bond acceptors (Lipinski definition) is 2. The first-order valence-electron chi connectivity index (χ1n) is 37.5. The summed E-state index contributed by atoms with van der Waals surface area (Å²) in [5.41, 5.74) is 0.0777. The molecule has 2 aliphatic rings. The number of para-hydroxylation sites is 4. The normalized spacial score (nSPS) is 19.8. The van der Waals surface area contributed by atoms with Crippen molar-refractivity contribution < 1.29 is 55.0 Å². The quantitative estimate of drug-likeness (QED) is 0.112. The zero-order valence-corrected chi connectivity index (χ0v) is 51.3. The maximum Gasteiger partial charge on any atom is 0.268 e. The van der Waals surface area contributed by atoms with Gasteiger partial charge in [-0.05, 0) is 149 Å². The van der Waals surface area contributed by atoms with Crippen molar-refractivity contribution in [3.8, 4) is 62.1 Å². The second kappa shape index (κ2) is 20.2. The third-order valence-electron chi connectivity index (χ3n) is 17.3. The molecule has 0 fully saturated rings. The third-order valence-corrected chi connectivity index (χ3v) is 17.3. The molecule has 6 heteroatoms. The van der Waals surface area contributed by atoms with Crippen LogP contribution in [0.15, 0.2) is 164 Å². The van der Waals surface area contributed by atoms with Crippen LogP contribution in [-0.4, -0.2) is 14.1 Å². The van der Waals surface area contributed by atoms with Gasteiger partial charge in [0.15, 0.2) is 0 Å². The minimum Gasteiger partial charge on any atom is -0.510 e. The Morgan fingerprint density at radius 2 is 1.25 bits per heavy atom. The van der Waals surface area contributed by atoms with Crippen LogP contribution in [0.2, 0.25) is 0 Å². The van der Waals surface area contributed by atoms with Crippen LogP contribution < -0.4 is 9.30 Å². The molecule has 0 bridgehead atoms. The van der Waals surface area contributed by atoms with E-state index in [0.717, 1.165) is 45.8 Å². The summed E-state index contributed by atoms with van der Waals surface area (Å²) in [6.07, 6.45) is 5.71. The van der Waals surface area contributed by atoms with Crippen molar-refractivity contribution in [2.45, 2.75) is 155 Å². The summed E-state index contributed by atoms with van der Waals surface area (Å²) in [5.74, 6) is 0.920. The fourth-order valence-electron chi connectivity index (χ4n) is 12.5. The fraction of sp³-hybridized carbons (Fsp3) is 0.308. The van der Waals surface area contributed by atoms with Gasteiger partial charge in [0.2, 0.25) is 0 Å². The van der Waals surface area contributed by atoms with E-state index in [4.69, 9.17) is 30.3 Å². The first-order valence-corrected chi connectivity index (χ1v) is 28.5. The molecule has 11 aromatic rings. The molecule has 0 saturated heterocycles. The molecule has 0 aliphatic heterocycles. The van der Waals surface area contributed by atoms with Gasteiger partial charge in [-0.25, -0.2) is 4.98 Å². The van der Waals surface area contributed by atoms with E-state index in [2.05, 4.69) is 106 Å². The summed E-state index contributed by atoms with van der Waals surface area (Å²) in [6.45, 7) is 4.26. The summed E-state index contributed by atoms with van der Waals surface area (Å²) >= 11 is 0. The number of aromatic nitrogens is 4. The van der Waals surface area contributed by atoms with Gasteiger partial charge in [-0.2, -0.15) is 18.2 Å². The molecule has 0 amide bonds. The monoisotopic (exact) mass is 1300 g/mol. The molecule has 3 heterocycles. The van der Waals surface area contributed by atoms with Crippen molar-refractivity contribution in [2.24, 2.45) is 0 Å². The zero-order chi connectivity index (χ0) is 73.4. The van der Waals surface area contributed by atoms with E-state index in [1.54, 1.807) is 57.8 Å². The number of benzene rings is 8. The Hall–Kier alpha value is -7.33. The van der Waals surface area contributed by atoms with Crippen LogP contribution in [-0.2, 0) is 53.6 Å². The van der Waals surface area contributed by atoms with Crippen molar-refractivity contribution in [3.63, 3.8) is 0 Å². The Kier molecular flexibility index (Phi) is 9.43. The fourth-order valence-corrected chi connectivity index (χ4v) is 12.5. The number of hydrogen-bond donors (Lipinski definition) is 0. The van der Waals surface area contributed by atoms with Gasteiger partial charge in [-0.15, -0.1) is 29.7 Å². The van der Waals surface area contributed by atoms with Crippen molar-refractivity contribution in [2.75, 3.05) is 0 Å². The molecule has 0 unspecified atom stereocenters. The van der Waals surface area contributed by atoms with Crippen molar-refractivity contribution in [1.82, 2.24) is 14.1 Å². The molecule has 428 valence electrons. The van der Waals surface area contributed by atoms with Gasteiger partial charge >= 0.3 is 0 Å². The van der Waals surface area contributed by atoms with Gasteiger partial charge in [0.25, 0.3) is 6.33 Å². The van der Waals surface area contributed by atoms with Crippen LogP contribution in [0.3, 0.4) is 0 Å². The van der Waals surface area contributed by atoms with Crippen LogP contribution in [0.4, 0.5) is 0 Å².